The van der Waals surface area contributed by atoms with Gasteiger partial charge in [0.15, 0.2) is 0 Å². The van der Waals surface area contributed by atoms with Crippen LogP contribution in [0, 0.1) is 0 Å². The summed E-state index contributed by atoms with van der Waals surface area (Å²) in [5.74, 6) is 0.868. The predicted octanol–water partition coefficient (Wildman–Crippen LogP) is 0.818. The SMILES string of the molecule is CN(C1CCCN(c2ncnc3[nH]ccc23)C1)S(C)(=O)=O. The van der Waals surface area contributed by atoms with Crippen molar-refractivity contribution in [3.8, 4) is 0 Å². The molecule has 3 heterocycles. The summed E-state index contributed by atoms with van der Waals surface area (Å²) in [6, 6.07) is 1.94. The number of fused-ring (bicyclic) bond motifs is 1. The smallest absolute Gasteiger partial charge is 0.211 e. The number of aromatic amines is 1. The van der Waals surface area contributed by atoms with E-state index in [2.05, 4.69) is 19.9 Å². The molecule has 0 saturated carbocycles. The van der Waals surface area contributed by atoms with E-state index < -0.39 is 10.0 Å². The summed E-state index contributed by atoms with van der Waals surface area (Å²) < 4.78 is 24.9. The van der Waals surface area contributed by atoms with Crippen LogP contribution in [0.25, 0.3) is 11.0 Å². The summed E-state index contributed by atoms with van der Waals surface area (Å²) in [6.45, 7) is 1.53. The van der Waals surface area contributed by atoms with Crippen molar-refractivity contribution in [3.05, 3.63) is 18.6 Å². The lowest BCUT2D eigenvalue weighted by molar-refractivity contribution is 0.321. The van der Waals surface area contributed by atoms with Gasteiger partial charge < -0.3 is 9.88 Å². The van der Waals surface area contributed by atoms with Crippen LogP contribution in [-0.4, -0.2) is 60.1 Å². The number of anilines is 1. The molecule has 0 spiro atoms. The zero-order valence-corrected chi connectivity index (χ0v) is 13.0. The van der Waals surface area contributed by atoms with E-state index in [0.29, 0.717) is 6.54 Å². The Balaban J connectivity index is 1.88. The second-order valence-corrected chi connectivity index (χ2v) is 7.50. The molecule has 0 amide bonds. The number of sulfonamides is 1. The lowest BCUT2D eigenvalue weighted by Crippen LogP contribution is -2.48. The van der Waals surface area contributed by atoms with Gasteiger partial charge in [-0.15, -0.1) is 0 Å². The second-order valence-electron chi connectivity index (χ2n) is 5.46. The number of nitrogens with zero attached hydrogens (tertiary/aromatic N) is 4. The summed E-state index contributed by atoms with van der Waals surface area (Å²) in [5, 5.41) is 0.972. The van der Waals surface area contributed by atoms with Crippen molar-refractivity contribution in [1.29, 1.82) is 0 Å². The van der Waals surface area contributed by atoms with Crippen LogP contribution >= 0.6 is 0 Å². The number of nitrogens with one attached hydrogen (secondary N) is 1. The van der Waals surface area contributed by atoms with Gasteiger partial charge in [-0.3, -0.25) is 0 Å². The van der Waals surface area contributed by atoms with Crippen molar-refractivity contribution in [1.82, 2.24) is 19.3 Å². The van der Waals surface area contributed by atoms with Crippen molar-refractivity contribution in [3.63, 3.8) is 0 Å². The fraction of sp³-hybridized carbons (Fsp3) is 0.538. The van der Waals surface area contributed by atoms with Gasteiger partial charge in [-0.1, -0.05) is 0 Å². The maximum Gasteiger partial charge on any atom is 0.211 e. The minimum Gasteiger partial charge on any atom is -0.354 e. The number of likely N-dealkylation sites (N-methyl/N-ethyl adjacent to an activating group) is 1. The number of hydrogen-bond donors (Lipinski definition) is 1. The lowest BCUT2D eigenvalue weighted by atomic mass is 10.1. The molecule has 7 nitrogen and oxygen atoms in total. The summed E-state index contributed by atoms with van der Waals surface area (Å²) in [7, 11) is -1.52. The van der Waals surface area contributed by atoms with E-state index in [-0.39, 0.29) is 6.04 Å². The maximum absolute atomic E-state index is 11.7. The Hall–Kier alpha value is -1.67. The molecular formula is C13H19N5O2S. The fourth-order valence-corrected chi connectivity index (χ4v) is 3.54. The Kier molecular flexibility index (Phi) is 3.58. The molecule has 1 atom stereocenters. The minimum absolute atomic E-state index is 0.0160. The molecule has 2 aromatic rings. The zero-order valence-electron chi connectivity index (χ0n) is 12.2. The summed E-state index contributed by atoms with van der Waals surface area (Å²) >= 11 is 0. The van der Waals surface area contributed by atoms with E-state index in [0.717, 1.165) is 36.2 Å². The van der Waals surface area contributed by atoms with Crippen molar-refractivity contribution >= 4 is 26.9 Å². The highest BCUT2D eigenvalue weighted by molar-refractivity contribution is 7.88. The van der Waals surface area contributed by atoms with Crippen LogP contribution < -0.4 is 4.90 Å². The fourth-order valence-electron chi connectivity index (χ4n) is 2.83. The highest BCUT2D eigenvalue weighted by atomic mass is 32.2. The lowest BCUT2D eigenvalue weighted by Gasteiger charge is -2.37. The standard InChI is InChI=1S/C13H19N5O2S/c1-17(21(2,19)20)10-4-3-7-18(8-10)13-11-5-6-14-12(11)15-9-16-13/h5-6,9-10H,3-4,7-8H2,1-2H3,(H,14,15,16). The molecule has 0 aliphatic carbocycles. The van der Waals surface area contributed by atoms with E-state index >= 15 is 0 Å². The molecule has 3 rings (SSSR count). The highest BCUT2D eigenvalue weighted by Crippen LogP contribution is 2.26. The Morgan fingerprint density at radius 2 is 2.24 bits per heavy atom. The number of hydrogen-bond acceptors (Lipinski definition) is 5. The van der Waals surface area contributed by atoms with Gasteiger partial charge in [0.25, 0.3) is 0 Å². The van der Waals surface area contributed by atoms with Crippen molar-refractivity contribution in [2.24, 2.45) is 0 Å². The van der Waals surface area contributed by atoms with Gasteiger partial charge in [0, 0.05) is 32.4 Å². The average Bonchev–Trinajstić information content (AvgIpc) is 2.94. The molecule has 1 unspecified atom stereocenters. The van der Waals surface area contributed by atoms with Gasteiger partial charge in [-0.25, -0.2) is 22.7 Å². The van der Waals surface area contributed by atoms with Gasteiger partial charge in [0.05, 0.1) is 11.6 Å². The van der Waals surface area contributed by atoms with E-state index in [1.165, 1.54) is 16.9 Å². The molecule has 0 aromatic carbocycles. The Morgan fingerprint density at radius 1 is 1.43 bits per heavy atom. The first-order valence-corrected chi connectivity index (χ1v) is 8.77. The van der Waals surface area contributed by atoms with Crippen LogP contribution in [0.3, 0.4) is 0 Å². The van der Waals surface area contributed by atoms with Gasteiger partial charge >= 0.3 is 0 Å². The number of aromatic nitrogens is 3. The first kappa shape index (κ1) is 14.3. The van der Waals surface area contributed by atoms with Crippen molar-refractivity contribution < 1.29 is 8.42 Å². The summed E-state index contributed by atoms with van der Waals surface area (Å²) in [5.41, 5.74) is 0.804. The monoisotopic (exact) mass is 309 g/mol. The molecular weight excluding hydrogens is 290 g/mol. The van der Waals surface area contributed by atoms with Crippen LogP contribution in [0.4, 0.5) is 5.82 Å². The van der Waals surface area contributed by atoms with Crippen molar-refractivity contribution in [2.45, 2.75) is 18.9 Å². The quantitative estimate of drug-likeness (QED) is 0.907. The van der Waals surface area contributed by atoms with Crippen molar-refractivity contribution in [2.75, 3.05) is 31.3 Å². The number of rotatable bonds is 3. The topological polar surface area (TPSA) is 82.2 Å². The first-order chi connectivity index (χ1) is 9.97. The highest BCUT2D eigenvalue weighted by Gasteiger charge is 2.29. The van der Waals surface area contributed by atoms with Gasteiger partial charge in [0.2, 0.25) is 10.0 Å². The van der Waals surface area contributed by atoms with Crippen LogP contribution in [0.1, 0.15) is 12.8 Å². The van der Waals surface area contributed by atoms with Crippen LogP contribution in [-0.2, 0) is 10.0 Å². The maximum atomic E-state index is 11.7. The van der Waals surface area contributed by atoms with Gasteiger partial charge in [0.1, 0.15) is 17.8 Å². The van der Waals surface area contributed by atoms with Gasteiger partial charge in [-0.05, 0) is 18.9 Å². The molecule has 0 bridgehead atoms. The minimum atomic E-state index is -3.17. The molecule has 1 aliphatic heterocycles. The summed E-state index contributed by atoms with van der Waals surface area (Å²) in [6.07, 6.45) is 6.45. The van der Waals surface area contributed by atoms with E-state index in [1.54, 1.807) is 7.05 Å². The third-order valence-electron chi connectivity index (χ3n) is 4.07. The van der Waals surface area contributed by atoms with E-state index in [4.69, 9.17) is 0 Å². The molecule has 1 fully saturated rings. The zero-order chi connectivity index (χ0) is 15.0. The Bertz CT molecular complexity index is 742. The normalized spacial score (nSPS) is 20.3. The molecule has 8 heteroatoms. The predicted molar refractivity (Wildman–Crippen MR) is 81.7 cm³/mol. The molecule has 1 aliphatic rings. The average molecular weight is 309 g/mol. The number of piperidine rings is 1. The second kappa shape index (κ2) is 5.27. The van der Waals surface area contributed by atoms with Crippen LogP contribution in [0.2, 0.25) is 0 Å². The van der Waals surface area contributed by atoms with E-state index in [1.807, 2.05) is 12.3 Å². The third kappa shape index (κ3) is 2.73. The molecule has 21 heavy (non-hydrogen) atoms. The van der Waals surface area contributed by atoms with Crippen LogP contribution in [0.15, 0.2) is 18.6 Å². The summed E-state index contributed by atoms with van der Waals surface area (Å²) in [4.78, 5) is 13.8. The Morgan fingerprint density at radius 3 is 3.00 bits per heavy atom. The first-order valence-electron chi connectivity index (χ1n) is 6.93. The molecule has 0 radical (unpaired) electrons. The van der Waals surface area contributed by atoms with Crippen LogP contribution in [0.5, 0.6) is 0 Å². The largest absolute Gasteiger partial charge is 0.354 e. The Labute approximate surface area is 124 Å². The number of H-pyrrole nitrogens is 1. The van der Waals surface area contributed by atoms with E-state index in [9.17, 15) is 8.42 Å². The van der Waals surface area contributed by atoms with Gasteiger partial charge in [-0.2, -0.15) is 0 Å². The molecule has 2 aromatic heterocycles. The molecule has 114 valence electrons. The molecule has 1 saturated heterocycles. The molecule has 1 N–H and O–H groups in total. The third-order valence-corrected chi connectivity index (χ3v) is 5.41.